The second-order valence-electron chi connectivity index (χ2n) is 4.76. The van der Waals surface area contributed by atoms with Crippen molar-refractivity contribution in [3.05, 3.63) is 84.5 Å². The Labute approximate surface area is 121 Å². The lowest BCUT2D eigenvalue weighted by atomic mass is 10.0. The van der Waals surface area contributed by atoms with Crippen molar-refractivity contribution in [1.29, 1.82) is 0 Å². The summed E-state index contributed by atoms with van der Waals surface area (Å²) in [6.07, 6.45) is 6.19. The highest BCUT2D eigenvalue weighted by atomic mass is 15.1. The topological polar surface area (TPSA) is 3.24 Å². The van der Waals surface area contributed by atoms with Gasteiger partial charge in [-0.05, 0) is 24.1 Å². The molecule has 0 aromatic heterocycles. The van der Waals surface area contributed by atoms with E-state index in [1.807, 2.05) is 19.1 Å². The second-order valence-corrected chi connectivity index (χ2v) is 4.76. The highest BCUT2D eigenvalue weighted by molar-refractivity contribution is 5.68. The van der Waals surface area contributed by atoms with Crippen LogP contribution >= 0.6 is 0 Å². The van der Waals surface area contributed by atoms with E-state index in [1.54, 1.807) is 0 Å². The summed E-state index contributed by atoms with van der Waals surface area (Å²) >= 11 is 0. The first-order chi connectivity index (χ1) is 9.77. The van der Waals surface area contributed by atoms with Gasteiger partial charge >= 0.3 is 0 Å². The molecule has 0 amide bonds. The standard InChI is InChI=1S/C19H21N/c1-4-11-16-14-9-10-15-19(16)20(3)18(5-2)17-12-7-6-8-13-17/h4-15,18H,2H2,1,3H3/b11-4+. The van der Waals surface area contributed by atoms with E-state index < -0.39 is 0 Å². The van der Waals surface area contributed by atoms with Crippen LogP contribution in [0.1, 0.15) is 24.1 Å². The summed E-state index contributed by atoms with van der Waals surface area (Å²) in [5, 5.41) is 0. The van der Waals surface area contributed by atoms with Crippen LogP contribution in [-0.2, 0) is 0 Å². The zero-order chi connectivity index (χ0) is 14.4. The molecule has 0 fully saturated rings. The molecule has 0 N–H and O–H groups in total. The van der Waals surface area contributed by atoms with Crippen LogP contribution in [0.15, 0.2) is 73.3 Å². The molecule has 0 radical (unpaired) electrons. The smallest absolute Gasteiger partial charge is 0.0720 e. The second kappa shape index (κ2) is 6.76. The van der Waals surface area contributed by atoms with Crippen molar-refractivity contribution in [2.45, 2.75) is 13.0 Å². The molecule has 0 heterocycles. The van der Waals surface area contributed by atoms with Gasteiger partial charge in [0.2, 0.25) is 0 Å². The minimum absolute atomic E-state index is 0.169. The van der Waals surface area contributed by atoms with E-state index >= 15 is 0 Å². The Kier molecular flexibility index (Phi) is 4.78. The predicted molar refractivity (Wildman–Crippen MR) is 88.9 cm³/mol. The quantitative estimate of drug-likeness (QED) is 0.680. The number of rotatable bonds is 5. The van der Waals surface area contributed by atoms with Crippen molar-refractivity contribution in [3.8, 4) is 0 Å². The highest BCUT2D eigenvalue weighted by Gasteiger charge is 2.15. The summed E-state index contributed by atoms with van der Waals surface area (Å²) in [5.74, 6) is 0. The van der Waals surface area contributed by atoms with Crippen molar-refractivity contribution in [1.82, 2.24) is 0 Å². The molecular weight excluding hydrogens is 242 g/mol. The maximum Gasteiger partial charge on any atom is 0.0720 e. The molecule has 2 aromatic carbocycles. The Bertz CT molecular complexity index is 584. The number of anilines is 1. The third kappa shape index (κ3) is 3.00. The van der Waals surface area contributed by atoms with Crippen molar-refractivity contribution < 1.29 is 0 Å². The number of allylic oxidation sites excluding steroid dienone is 1. The molecule has 0 saturated carbocycles. The lowest BCUT2D eigenvalue weighted by Gasteiger charge is -2.29. The molecule has 102 valence electrons. The van der Waals surface area contributed by atoms with Crippen LogP contribution in [0.4, 0.5) is 5.69 Å². The van der Waals surface area contributed by atoms with Crippen LogP contribution in [0.25, 0.3) is 6.08 Å². The third-order valence-electron chi connectivity index (χ3n) is 3.44. The van der Waals surface area contributed by atoms with Crippen molar-refractivity contribution >= 4 is 11.8 Å². The van der Waals surface area contributed by atoms with Gasteiger partial charge in [-0.3, -0.25) is 0 Å². The van der Waals surface area contributed by atoms with Crippen LogP contribution in [-0.4, -0.2) is 7.05 Å². The molecule has 20 heavy (non-hydrogen) atoms. The number of nitrogens with zero attached hydrogens (tertiary/aromatic N) is 1. The minimum Gasteiger partial charge on any atom is -0.364 e. The zero-order valence-corrected chi connectivity index (χ0v) is 12.2. The van der Waals surface area contributed by atoms with Gasteiger partial charge in [0.25, 0.3) is 0 Å². The third-order valence-corrected chi connectivity index (χ3v) is 3.44. The number of benzene rings is 2. The average Bonchev–Trinajstić information content (AvgIpc) is 2.50. The average molecular weight is 263 g/mol. The SMILES string of the molecule is C=CC(c1ccccc1)N(C)c1ccccc1/C=C/C. The lowest BCUT2D eigenvalue weighted by molar-refractivity contribution is 0.811. The van der Waals surface area contributed by atoms with Crippen molar-refractivity contribution in [2.75, 3.05) is 11.9 Å². The van der Waals surface area contributed by atoms with Crippen molar-refractivity contribution in [2.24, 2.45) is 0 Å². The zero-order valence-electron chi connectivity index (χ0n) is 12.2. The molecule has 0 aliphatic rings. The summed E-state index contributed by atoms with van der Waals surface area (Å²) in [5.41, 5.74) is 3.68. The molecule has 0 aliphatic carbocycles. The van der Waals surface area contributed by atoms with E-state index in [9.17, 15) is 0 Å². The maximum atomic E-state index is 4.00. The minimum atomic E-state index is 0.169. The molecule has 1 atom stereocenters. The van der Waals surface area contributed by atoms with Gasteiger partial charge in [0.15, 0.2) is 0 Å². The molecule has 1 unspecified atom stereocenters. The van der Waals surface area contributed by atoms with Gasteiger partial charge in [0, 0.05) is 12.7 Å². The summed E-state index contributed by atoms with van der Waals surface area (Å²) in [7, 11) is 2.11. The van der Waals surface area contributed by atoms with Crippen LogP contribution in [0.3, 0.4) is 0 Å². The first-order valence-corrected chi connectivity index (χ1v) is 6.90. The van der Waals surface area contributed by atoms with E-state index in [0.717, 1.165) is 0 Å². The van der Waals surface area contributed by atoms with Gasteiger partial charge in [-0.2, -0.15) is 0 Å². The molecule has 0 spiro atoms. The summed E-state index contributed by atoms with van der Waals surface area (Å²) in [4.78, 5) is 2.26. The number of hydrogen-bond acceptors (Lipinski definition) is 1. The molecular formula is C19H21N. The molecule has 0 aliphatic heterocycles. The van der Waals surface area contributed by atoms with Gasteiger partial charge in [0.1, 0.15) is 0 Å². The van der Waals surface area contributed by atoms with E-state index in [-0.39, 0.29) is 6.04 Å². The largest absolute Gasteiger partial charge is 0.364 e. The fraction of sp³-hybridized carbons (Fsp3) is 0.158. The summed E-state index contributed by atoms with van der Waals surface area (Å²) in [6, 6.07) is 19.0. The Morgan fingerprint density at radius 3 is 2.30 bits per heavy atom. The highest BCUT2D eigenvalue weighted by Crippen LogP contribution is 2.29. The fourth-order valence-electron chi connectivity index (χ4n) is 2.45. The number of likely N-dealkylation sites (N-methyl/N-ethyl adjacent to an activating group) is 1. The van der Waals surface area contributed by atoms with Gasteiger partial charge in [-0.25, -0.2) is 0 Å². The van der Waals surface area contributed by atoms with Gasteiger partial charge in [-0.15, -0.1) is 6.58 Å². The summed E-state index contributed by atoms with van der Waals surface area (Å²) < 4.78 is 0. The molecule has 0 bridgehead atoms. The monoisotopic (exact) mass is 263 g/mol. The van der Waals surface area contributed by atoms with Crippen molar-refractivity contribution in [3.63, 3.8) is 0 Å². The number of hydrogen-bond donors (Lipinski definition) is 0. The maximum absolute atomic E-state index is 4.00. The Balaban J connectivity index is 2.39. The predicted octanol–water partition coefficient (Wildman–Crippen LogP) is 5.08. The Hall–Kier alpha value is -2.28. The fourth-order valence-corrected chi connectivity index (χ4v) is 2.45. The van der Waals surface area contributed by atoms with Crippen LogP contribution < -0.4 is 4.90 Å². The van der Waals surface area contributed by atoms with E-state index in [1.165, 1.54) is 16.8 Å². The Morgan fingerprint density at radius 1 is 1.00 bits per heavy atom. The molecule has 1 nitrogen and oxygen atoms in total. The first kappa shape index (κ1) is 14.1. The van der Waals surface area contributed by atoms with Crippen LogP contribution in [0, 0.1) is 0 Å². The van der Waals surface area contributed by atoms with Gasteiger partial charge < -0.3 is 4.90 Å². The van der Waals surface area contributed by atoms with E-state index in [0.29, 0.717) is 0 Å². The van der Waals surface area contributed by atoms with Gasteiger partial charge in [0.05, 0.1) is 6.04 Å². The molecule has 0 saturated heterocycles. The van der Waals surface area contributed by atoms with Gasteiger partial charge in [-0.1, -0.05) is 66.8 Å². The van der Waals surface area contributed by atoms with Crippen LogP contribution in [0.5, 0.6) is 0 Å². The Morgan fingerprint density at radius 2 is 1.65 bits per heavy atom. The normalized spacial score (nSPS) is 12.3. The van der Waals surface area contributed by atoms with E-state index in [2.05, 4.69) is 79.2 Å². The molecule has 2 aromatic rings. The first-order valence-electron chi connectivity index (χ1n) is 6.90. The van der Waals surface area contributed by atoms with E-state index in [4.69, 9.17) is 0 Å². The lowest BCUT2D eigenvalue weighted by Crippen LogP contribution is -2.23. The molecule has 1 heteroatoms. The number of para-hydroxylation sites is 1. The van der Waals surface area contributed by atoms with Crippen LogP contribution in [0.2, 0.25) is 0 Å². The molecule has 2 rings (SSSR count). The summed E-state index contributed by atoms with van der Waals surface area (Å²) in [6.45, 7) is 6.04.